The average molecular weight is 534 g/mol. The van der Waals surface area contributed by atoms with Crippen molar-refractivity contribution in [3.05, 3.63) is 72.7 Å². The Labute approximate surface area is 220 Å². The summed E-state index contributed by atoms with van der Waals surface area (Å²) in [5, 5.41) is 11.5. The third kappa shape index (κ3) is 5.78. The van der Waals surface area contributed by atoms with Crippen LogP contribution in [0.15, 0.2) is 66.1 Å². The first-order valence-electron chi connectivity index (χ1n) is 12.1. The molecule has 0 radical (unpaired) electrons. The van der Waals surface area contributed by atoms with Gasteiger partial charge in [-0.15, -0.1) is 10.2 Å². The zero-order valence-electron chi connectivity index (χ0n) is 20.9. The van der Waals surface area contributed by atoms with Crippen LogP contribution in [-0.2, 0) is 14.8 Å². The molecule has 5 rings (SSSR count). The first kappa shape index (κ1) is 25.3. The normalized spacial score (nSPS) is 15.7. The quantitative estimate of drug-likeness (QED) is 0.366. The van der Waals surface area contributed by atoms with Gasteiger partial charge in [-0.3, -0.25) is 14.1 Å². The molecular weight excluding hydrogens is 506 g/mol. The number of hydrogen-bond donors (Lipinski definition) is 2. The number of amides is 1. The molecule has 1 saturated heterocycles. The van der Waals surface area contributed by atoms with Crippen LogP contribution in [0.3, 0.4) is 0 Å². The summed E-state index contributed by atoms with van der Waals surface area (Å²) in [7, 11) is -3.85. The molecule has 1 aliphatic rings. The molecular formula is C25H27N9O3S. The van der Waals surface area contributed by atoms with E-state index in [1.807, 2.05) is 12.1 Å². The number of sulfonamides is 1. The Morgan fingerprint density at radius 3 is 2.47 bits per heavy atom. The van der Waals surface area contributed by atoms with Gasteiger partial charge in [0.15, 0.2) is 11.6 Å². The summed E-state index contributed by atoms with van der Waals surface area (Å²) in [6.07, 6.45) is 6.71. The van der Waals surface area contributed by atoms with Crippen molar-refractivity contribution in [1.82, 2.24) is 29.7 Å². The molecule has 4 aromatic rings. The zero-order valence-corrected chi connectivity index (χ0v) is 21.8. The first-order valence-corrected chi connectivity index (χ1v) is 13.6. The highest BCUT2D eigenvalue weighted by Crippen LogP contribution is 2.24. The van der Waals surface area contributed by atoms with Crippen LogP contribution in [0.2, 0.25) is 0 Å². The fraction of sp³-hybridized carbons (Fsp3) is 0.280. The van der Waals surface area contributed by atoms with Crippen molar-refractivity contribution < 1.29 is 13.2 Å². The molecule has 1 aromatic carbocycles. The van der Waals surface area contributed by atoms with E-state index in [1.54, 1.807) is 55.3 Å². The van der Waals surface area contributed by atoms with E-state index in [0.717, 1.165) is 19.4 Å². The molecule has 1 aliphatic heterocycles. The average Bonchev–Trinajstić information content (AvgIpc) is 3.43. The van der Waals surface area contributed by atoms with Crippen LogP contribution in [0.5, 0.6) is 0 Å². The number of nitrogens with one attached hydrogen (secondary N) is 2. The second kappa shape index (κ2) is 10.5. The number of carbonyl (C=O) groups excluding carboxylic acids is 1. The van der Waals surface area contributed by atoms with Crippen molar-refractivity contribution in [3.63, 3.8) is 0 Å². The number of piperidine rings is 1. The maximum absolute atomic E-state index is 13.0. The largest absolute Gasteiger partial charge is 0.354 e. The molecule has 1 atom stereocenters. The number of imidazole rings is 1. The number of anilines is 3. The summed E-state index contributed by atoms with van der Waals surface area (Å²) in [6.45, 7) is 4.76. The minimum atomic E-state index is -3.85. The number of rotatable bonds is 7. The second-order valence-corrected chi connectivity index (χ2v) is 10.7. The predicted molar refractivity (Wildman–Crippen MR) is 141 cm³/mol. The number of nitrogens with zero attached hydrogens (tertiary/aromatic N) is 7. The fourth-order valence-electron chi connectivity index (χ4n) is 4.35. The number of aromatic nitrogens is 6. The van der Waals surface area contributed by atoms with Gasteiger partial charge in [-0.05, 0) is 63.1 Å². The molecule has 12 nitrogen and oxygen atoms in total. The number of hydrogen-bond acceptors (Lipinski definition) is 9. The van der Waals surface area contributed by atoms with Crippen LogP contribution in [0.4, 0.5) is 17.3 Å². The highest BCUT2D eigenvalue weighted by molar-refractivity contribution is 7.92. The van der Waals surface area contributed by atoms with E-state index in [4.69, 9.17) is 0 Å². The summed E-state index contributed by atoms with van der Waals surface area (Å²) in [4.78, 5) is 27.4. The Morgan fingerprint density at radius 2 is 1.79 bits per heavy atom. The molecule has 0 spiro atoms. The van der Waals surface area contributed by atoms with E-state index in [-0.39, 0.29) is 22.5 Å². The highest BCUT2D eigenvalue weighted by Gasteiger charge is 2.27. The lowest BCUT2D eigenvalue weighted by Crippen LogP contribution is -2.41. The van der Waals surface area contributed by atoms with Gasteiger partial charge < -0.3 is 10.2 Å². The van der Waals surface area contributed by atoms with E-state index >= 15 is 0 Å². The third-order valence-corrected chi connectivity index (χ3v) is 7.53. The SMILES string of the molecule is Cc1cc(NS(=O)(=O)c2ccc(NC(=O)C3CCCN(c4ccc(-n5ccnc5)nn4)C3)cc2)nc(C)n1. The molecule has 0 aliphatic carbocycles. The Morgan fingerprint density at radius 1 is 1.03 bits per heavy atom. The van der Waals surface area contributed by atoms with Gasteiger partial charge in [-0.2, -0.15) is 0 Å². The molecule has 0 bridgehead atoms. The maximum Gasteiger partial charge on any atom is 0.263 e. The summed E-state index contributed by atoms with van der Waals surface area (Å²) in [6, 6.07) is 11.4. The lowest BCUT2D eigenvalue weighted by molar-refractivity contribution is -0.120. The van der Waals surface area contributed by atoms with Crippen LogP contribution in [0.1, 0.15) is 24.4 Å². The minimum absolute atomic E-state index is 0.0611. The smallest absolute Gasteiger partial charge is 0.263 e. The standard InChI is InChI=1S/C25H27N9O3S/c1-17-14-22(28-18(2)27-17)32-38(36,37)21-7-5-20(6-8-21)29-25(35)19-4-3-12-33(15-19)23-9-10-24(31-30-23)34-13-11-26-16-34/h5-11,13-14,16,19H,3-4,12,15H2,1-2H3,(H,29,35)(H,27,28,32). The molecule has 13 heteroatoms. The van der Waals surface area contributed by atoms with Crippen molar-refractivity contribution in [2.24, 2.45) is 5.92 Å². The van der Waals surface area contributed by atoms with Gasteiger partial charge in [0.1, 0.15) is 18.0 Å². The summed E-state index contributed by atoms with van der Waals surface area (Å²) in [5.41, 5.74) is 1.18. The molecule has 1 amide bonds. The van der Waals surface area contributed by atoms with Crippen LogP contribution in [0.25, 0.3) is 5.82 Å². The molecule has 2 N–H and O–H groups in total. The lowest BCUT2D eigenvalue weighted by Gasteiger charge is -2.32. The van der Waals surface area contributed by atoms with E-state index in [9.17, 15) is 13.2 Å². The third-order valence-electron chi connectivity index (χ3n) is 6.16. The van der Waals surface area contributed by atoms with Crippen LogP contribution < -0.4 is 14.9 Å². The van der Waals surface area contributed by atoms with Gasteiger partial charge >= 0.3 is 0 Å². The first-order chi connectivity index (χ1) is 18.3. The monoisotopic (exact) mass is 533 g/mol. The molecule has 3 aromatic heterocycles. The summed E-state index contributed by atoms with van der Waals surface area (Å²) in [5.74, 6) is 1.69. The van der Waals surface area contributed by atoms with Gasteiger partial charge in [-0.25, -0.2) is 23.4 Å². The van der Waals surface area contributed by atoms with Crippen molar-refractivity contribution in [3.8, 4) is 5.82 Å². The molecule has 1 unspecified atom stereocenters. The molecule has 4 heterocycles. The Balaban J connectivity index is 1.20. The molecule has 0 saturated carbocycles. The lowest BCUT2D eigenvalue weighted by atomic mass is 9.97. The van der Waals surface area contributed by atoms with Gasteiger partial charge in [0.05, 0.1) is 10.8 Å². The van der Waals surface area contributed by atoms with E-state index < -0.39 is 10.0 Å². The van der Waals surface area contributed by atoms with Crippen LogP contribution in [-0.4, -0.2) is 57.1 Å². The number of carbonyl (C=O) groups is 1. The van der Waals surface area contributed by atoms with E-state index in [1.165, 1.54) is 12.1 Å². The van der Waals surface area contributed by atoms with E-state index in [0.29, 0.717) is 35.4 Å². The number of benzene rings is 1. The second-order valence-electron chi connectivity index (χ2n) is 9.07. The summed E-state index contributed by atoms with van der Waals surface area (Å²) >= 11 is 0. The zero-order chi connectivity index (χ0) is 26.7. The van der Waals surface area contributed by atoms with Crippen molar-refractivity contribution in [1.29, 1.82) is 0 Å². The Bertz CT molecular complexity index is 1500. The topological polar surface area (TPSA) is 148 Å². The molecule has 196 valence electrons. The summed E-state index contributed by atoms with van der Waals surface area (Å²) < 4.78 is 29.8. The Hall–Kier alpha value is -4.39. The number of aryl methyl sites for hydroxylation is 2. The minimum Gasteiger partial charge on any atom is -0.354 e. The van der Waals surface area contributed by atoms with Gasteiger partial charge in [0, 0.05) is 42.9 Å². The van der Waals surface area contributed by atoms with Gasteiger partial charge in [0.2, 0.25) is 5.91 Å². The fourth-order valence-corrected chi connectivity index (χ4v) is 5.34. The highest BCUT2D eigenvalue weighted by atomic mass is 32.2. The Kier molecular flexibility index (Phi) is 7.01. The van der Waals surface area contributed by atoms with Crippen LogP contribution in [0, 0.1) is 19.8 Å². The van der Waals surface area contributed by atoms with Gasteiger partial charge in [-0.1, -0.05) is 0 Å². The molecule has 1 fully saturated rings. The molecule has 38 heavy (non-hydrogen) atoms. The maximum atomic E-state index is 13.0. The van der Waals surface area contributed by atoms with Crippen molar-refractivity contribution in [2.45, 2.75) is 31.6 Å². The van der Waals surface area contributed by atoms with Crippen LogP contribution >= 0.6 is 0 Å². The predicted octanol–water partition coefficient (Wildman–Crippen LogP) is 2.73. The van der Waals surface area contributed by atoms with E-state index in [2.05, 4.69) is 40.1 Å². The van der Waals surface area contributed by atoms with Crippen molar-refractivity contribution in [2.75, 3.05) is 28.0 Å². The van der Waals surface area contributed by atoms with Gasteiger partial charge in [0.25, 0.3) is 10.0 Å². The van der Waals surface area contributed by atoms with Crippen molar-refractivity contribution >= 4 is 33.3 Å².